The summed E-state index contributed by atoms with van der Waals surface area (Å²) in [5.41, 5.74) is 0.00325. The van der Waals surface area contributed by atoms with Gasteiger partial charge in [-0.25, -0.2) is 0 Å². The predicted octanol–water partition coefficient (Wildman–Crippen LogP) is 1.91. The maximum Gasteiger partial charge on any atom is 0.0815 e. The molecule has 0 bridgehead atoms. The van der Waals surface area contributed by atoms with Gasteiger partial charge in [0.05, 0.1) is 25.4 Å². The van der Waals surface area contributed by atoms with Gasteiger partial charge in [0.1, 0.15) is 0 Å². The van der Waals surface area contributed by atoms with Gasteiger partial charge in [0.25, 0.3) is 0 Å². The molecular formula is C10H21NO2. The van der Waals surface area contributed by atoms with Crippen molar-refractivity contribution in [2.75, 3.05) is 26.4 Å². The zero-order valence-electron chi connectivity index (χ0n) is 9.17. The van der Waals surface area contributed by atoms with Crippen molar-refractivity contribution in [1.29, 1.82) is 0 Å². The van der Waals surface area contributed by atoms with E-state index in [-0.39, 0.29) is 5.54 Å². The van der Waals surface area contributed by atoms with Crippen molar-refractivity contribution >= 4 is 6.21 Å². The van der Waals surface area contributed by atoms with Crippen LogP contribution >= 0.6 is 0 Å². The minimum Gasteiger partial charge on any atom is -0.379 e. The average molecular weight is 187 g/mol. The molecule has 0 saturated heterocycles. The molecule has 0 N–H and O–H groups in total. The van der Waals surface area contributed by atoms with Crippen LogP contribution in [-0.4, -0.2) is 38.2 Å². The van der Waals surface area contributed by atoms with E-state index in [1.807, 2.05) is 13.1 Å². The molecule has 3 nitrogen and oxygen atoms in total. The van der Waals surface area contributed by atoms with Crippen LogP contribution in [0, 0.1) is 0 Å². The van der Waals surface area contributed by atoms with Crippen molar-refractivity contribution in [2.45, 2.75) is 33.2 Å². The van der Waals surface area contributed by atoms with Crippen LogP contribution in [0.15, 0.2) is 4.99 Å². The quantitative estimate of drug-likeness (QED) is 0.470. The first kappa shape index (κ1) is 12.6. The van der Waals surface area contributed by atoms with Crippen LogP contribution in [0.4, 0.5) is 0 Å². The summed E-state index contributed by atoms with van der Waals surface area (Å²) in [4.78, 5) is 4.28. The summed E-state index contributed by atoms with van der Waals surface area (Å²) in [6.07, 6.45) is 1.81. The monoisotopic (exact) mass is 187 g/mol. The molecule has 0 heterocycles. The zero-order valence-corrected chi connectivity index (χ0v) is 9.17. The number of rotatable bonds is 6. The fraction of sp³-hybridized carbons (Fsp3) is 0.900. The van der Waals surface area contributed by atoms with E-state index in [0.717, 1.165) is 6.61 Å². The molecule has 0 radical (unpaired) electrons. The van der Waals surface area contributed by atoms with Gasteiger partial charge in [0.2, 0.25) is 0 Å². The zero-order chi connectivity index (χ0) is 10.2. The van der Waals surface area contributed by atoms with Gasteiger partial charge in [-0.05, 0) is 27.7 Å². The Kier molecular flexibility index (Phi) is 6.82. The van der Waals surface area contributed by atoms with Crippen molar-refractivity contribution < 1.29 is 9.47 Å². The standard InChI is InChI=1S/C10H21NO2/c1-5-12-8-9-13-7-6-11-10(2,3)4/h6H,5,7-9H2,1-4H3. The van der Waals surface area contributed by atoms with E-state index in [1.54, 1.807) is 0 Å². The molecule has 0 unspecified atom stereocenters. The second-order valence-corrected chi connectivity index (χ2v) is 3.75. The second-order valence-electron chi connectivity index (χ2n) is 3.75. The van der Waals surface area contributed by atoms with Crippen molar-refractivity contribution in [3.8, 4) is 0 Å². The third-order valence-corrected chi connectivity index (χ3v) is 1.25. The molecule has 0 saturated carbocycles. The van der Waals surface area contributed by atoms with Gasteiger partial charge < -0.3 is 9.47 Å². The lowest BCUT2D eigenvalue weighted by Gasteiger charge is -2.10. The van der Waals surface area contributed by atoms with Crippen LogP contribution < -0.4 is 0 Å². The van der Waals surface area contributed by atoms with Crippen LogP contribution in [0.5, 0.6) is 0 Å². The molecule has 0 rings (SSSR count). The normalized spacial score (nSPS) is 12.6. The number of ether oxygens (including phenoxy) is 2. The van der Waals surface area contributed by atoms with Crippen LogP contribution in [0.3, 0.4) is 0 Å². The smallest absolute Gasteiger partial charge is 0.0815 e. The van der Waals surface area contributed by atoms with Crippen molar-refractivity contribution in [2.24, 2.45) is 4.99 Å². The van der Waals surface area contributed by atoms with Crippen molar-refractivity contribution in [3.05, 3.63) is 0 Å². The van der Waals surface area contributed by atoms with Gasteiger partial charge in [0, 0.05) is 12.8 Å². The van der Waals surface area contributed by atoms with Gasteiger partial charge >= 0.3 is 0 Å². The Morgan fingerprint density at radius 2 is 1.77 bits per heavy atom. The Morgan fingerprint density at radius 3 is 2.31 bits per heavy atom. The molecule has 0 spiro atoms. The Labute approximate surface area is 81.1 Å². The van der Waals surface area contributed by atoms with E-state index in [1.165, 1.54) is 0 Å². The first-order chi connectivity index (χ1) is 6.06. The van der Waals surface area contributed by atoms with Crippen LogP contribution in [0.1, 0.15) is 27.7 Å². The van der Waals surface area contributed by atoms with Crippen molar-refractivity contribution in [3.63, 3.8) is 0 Å². The summed E-state index contributed by atoms with van der Waals surface area (Å²) in [7, 11) is 0. The lowest BCUT2D eigenvalue weighted by molar-refractivity contribution is 0.0688. The maximum atomic E-state index is 5.26. The lowest BCUT2D eigenvalue weighted by Crippen LogP contribution is -2.12. The summed E-state index contributed by atoms with van der Waals surface area (Å²) in [6, 6.07) is 0. The summed E-state index contributed by atoms with van der Waals surface area (Å²) in [6.45, 7) is 10.8. The van der Waals surface area contributed by atoms with Crippen LogP contribution in [-0.2, 0) is 9.47 Å². The maximum absolute atomic E-state index is 5.26. The third kappa shape index (κ3) is 11.6. The minimum absolute atomic E-state index is 0.00325. The van der Waals surface area contributed by atoms with E-state index < -0.39 is 0 Å². The Morgan fingerprint density at radius 1 is 1.15 bits per heavy atom. The molecule has 0 aliphatic carbocycles. The largest absolute Gasteiger partial charge is 0.379 e. The predicted molar refractivity (Wildman–Crippen MR) is 55.6 cm³/mol. The summed E-state index contributed by atoms with van der Waals surface area (Å²) in [5, 5.41) is 0. The molecule has 0 aromatic carbocycles. The van der Waals surface area contributed by atoms with Gasteiger partial charge in [-0.15, -0.1) is 0 Å². The first-order valence-corrected chi connectivity index (χ1v) is 4.75. The van der Waals surface area contributed by atoms with E-state index >= 15 is 0 Å². The number of aliphatic imine (C=N–C) groups is 1. The molecule has 13 heavy (non-hydrogen) atoms. The highest BCUT2D eigenvalue weighted by Crippen LogP contribution is 2.03. The fourth-order valence-corrected chi connectivity index (χ4v) is 0.709. The molecule has 0 aromatic heterocycles. The third-order valence-electron chi connectivity index (χ3n) is 1.25. The van der Waals surface area contributed by atoms with Crippen LogP contribution in [0.2, 0.25) is 0 Å². The Balaban J connectivity index is 3.21. The Hall–Kier alpha value is -0.410. The molecule has 0 amide bonds. The van der Waals surface area contributed by atoms with Gasteiger partial charge in [0.15, 0.2) is 0 Å². The highest BCUT2D eigenvalue weighted by molar-refractivity contribution is 5.59. The van der Waals surface area contributed by atoms with Crippen LogP contribution in [0.25, 0.3) is 0 Å². The van der Waals surface area contributed by atoms with E-state index in [0.29, 0.717) is 19.8 Å². The van der Waals surface area contributed by atoms with Crippen molar-refractivity contribution in [1.82, 2.24) is 0 Å². The van der Waals surface area contributed by atoms with Gasteiger partial charge in [-0.1, -0.05) is 0 Å². The first-order valence-electron chi connectivity index (χ1n) is 4.75. The van der Waals surface area contributed by atoms with E-state index in [2.05, 4.69) is 25.8 Å². The molecule has 0 aromatic rings. The lowest BCUT2D eigenvalue weighted by atomic mass is 10.1. The summed E-state index contributed by atoms with van der Waals surface area (Å²) < 4.78 is 10.4. The molecule has 3 heteroatoms. The molecule has 0 aliphatic rings. The molecular weight excluding hydrogens is 166 g/mol. The summed E-state index contributed by atoms with van der Waals surface area (Å²) >= 11 is 0. The number of nitrogens with zero attached hydrogens (tertiary/aromatic N) is 1. The van der Waals surface area contributed by atoms with Gasteiger partial charge in [-0.3, -0.25) is 4.99 Å². The SMILES string of the molecule is CCOCCOCC=NC(C)(C)C. The van der Waals surface area contributed by atoms with E-state index in [9.17, 15) is 0 Å². The highest BCUT2D eigenvalue weighted by Gasteiger charge is 2.03. The minimum atomic E-state index is 0.00325. The van der Waals surface area contributed by atoms with Gasteiger partial charge in [-0.2, -0.15) is 0 Å². The second kappa shape index (κ2) is 7.04. The Bertz CT molecular complexity index is 138. The highest BCUT2D eigenvalue weighted by atomic mass is 16.5. The number of hydrogen-bond donors (Lipinski definition) is 0. The fourth-order valence-electron chi connectivity index (χ4n) is 0.709. The molecule has 0 aliphatic heterocycles. The molecule has 0 atom stereocenters. The van der Waals surface area contributed by atoms with E-state index in [4.69, 9.17) is 9.47 Å². The summed E-state index contributed by atoms with van der Waals surface area (Å²) in [5.74, 6) is 0. The molecule has 78 valence electrons. The number of hydrogen-bond acceptors (Lipinski definition) is 3. The topological polar surface area (TPSA) is 30.8 Å². The average Bonchev–Trinajstić information content (AvgIpc) is 2.01. The molecule has 0 fully saturated rings.